The quantitative estimate of drug-likeness (QED) is 0.745. The Balaban J connectivity index is 1.90. The number of rotatable bonds is 8. The lowest BCUT2D eigenvalue weighted by molar-refractivity contribution is -0.120. The average Bonchev–Trinajstić information content (AvgIpc) is 3.34. The van der Waals surface area contributed by atoms with Crippen LogP contribution in [0.15, 0.2) is 30.7 Å². The van der Waals surface area contributed by atoms with E-state index in [2.05, 4.69) is 18.8 Å². The van der Waals surface area contributed by atoms with Crippen molar-refractivity contribution in [3.63, 3.8) is 0 Å². The summed E-state index contributed by atoms with van der Waals surface area (Å²) in [5.74, 6) is 1.78. The zero-order valence-electron chi connectivity index (χ0n) is 14.6. The van der Waals surface area contributed by atoms with Crippen molar-refractivity contribution in [2.24, 2.45) is 5.92 Å². The van der Waals surface area contributed by atoms with Gasteiger partial charge in [-0.05, 0) is 37.3 Å². The SMILES string of the molecule is CCCCC(=O)N(CC1CC1)n1cc(-c2cccnc2)nc1CC. The number of imidazole rings is 1. The monoisotopic (exact) mass is 326 g/mol. The number of unbranched alkanes of at least 4 members (excludes halogenated alkanes) is 1. The number of aryl methyl sites for hydroxylation is 1. The molecule has 128 valence electrons. The lowest BCUT2D eigenvalue weighted by atomic mass is 10.2. The molecule has 1 aliphatic carbocycles. The van der Waals surface area contributed by atoms with Gasteiger partial charge in [0.05, 0.1) is 11.9 Å². The van der Waals surface area contributed by atoms with E-state index in [0.29, 0.717) is 12.3 Å². The summed E-state index contributed by atoms with van der Waals surface area (Å²) in [5.41, 5.74) is 1.86. The molecule has 5 heteroatoms. The van der Waals surface area contributed by atoms with E-state index < -0.39 is 0 Å². The van der Waals surface area contributed by atoms with Crippen LogP contribution in [0.2, 0.25) is 0 Å². The van der Waals surface area contributed by atoms with Crippen molar-refractivity contribution < 1.29 is 4.79 Å². The summed E-state index contributed by atoms with van der Waals surface area (Å²) in [6.07, 6.45) is 11.4. The van der Waals surface area contributed by atoms with E-state index in [9.17, 15) is 4.79 Å². The maximum atomic E-state index is 12.7. The summed E-state index contributed by atoms with van der Waals surface area (Å²) in [6, 6.07) is 3.91. The zero-order valence-corrected chi connectivity index (χ0v) is 14.6. The Bertz CT molecular complexity index is 676. The summed E-state index contributed by atoms with van der Waals surface area (Å²) < 4.78 is 1.98. The number of pyridine rings is 1. The molecule has 0 unspecified atom stereocenters. The Morgan fingerprint density at radius 1 is 1.38 bits per heavy atom. The second kappa shape index (κ2) is 7.60. The molecule has 1 amide bonds. The standard InChI is InChI=1S/C19H26N4O/c1-3-5-8-19(24)23(13-15-9-10-15)22-14-17(21-18(22)4-2)16-7-6-11-20-12-16/h6-7,11-12,14-15H,3-5,8-10,13H2,1-2H3. The highest BCUT2D eigenvalue weighted by Crippen LogP contribution is 2.30. The van der Waals surface area contributed by atoms with Gasteiger partial charge in [0, 0.05) is 37.3 Å². The van der Waals surface area contributed by atoms with Crippen molar-refractivity contribution in [1.29, 1.82) is 0 Å². The number of carbonyl (C=O) groups is 1. The summed E-state index contributed by atoms with van der Waals surface area (Å²) >= 11 is 0. The van der Waals surface area contributed by atoms with Gasteiger partial charge in [-0.25, -0.2) is 14.7 Å². The van der Waals surface area contributed by atoms with Crippen molar-refractivity contribution in [2.45, 2.75) is 52.4 Å². The second-order valence-corrected chi connectivity index (χ2v) is 6.50. The smallest absolute Gasteiger partial charge is 0.241 e. The van der Waals surface area contributed by atoms with Gasteiger partial charge in [0.1, 0.15) is 5.82 Å². The molecule has 2 aromatic heterocycles. The van der Waals surface area contributed by atoms with Crippen LogP contribution in [-0.2, 0) is 11.2 Å². The number of carbonyl (C=O) groups excluding carboxylic acids is 1. The van der Waals surface area contributed by atoms with Gasteiger partial charge in [0.2, 0.25) is 5.91 Å². The van der Waals surface area contributed by atoms with Crippen LogP contribution in [0.3, 0.4) is 0 Å². The van der Waals surface area contributed by atoms with Crippen LogP contribution in [0.4, 0.5) is 0 Å². The Hall–Kier alpha value is -2.17. The molecule has 1 saturated carbocycles. The van der Waals surface area contributed by atoms with Crippen molar-refractivity contribution in [2.75, 3.05) is 11.6 Å². The van der Waals surface area contributed by atoms with E-state index in [4.69, 9.17) is 4.98 Å². The highest BCUT2D eigenvalue weighted by molar-refractivity contribution is 5.86. The minimum atomic E-state index is 0.202. The number of nitrogens with zero attached hydrogens (tertiary/aromatic N) is 4. The number of hydrogen-bond acceptors (Lipinski definition) is 3. The molecule has 1 aliphatic rings. The molecule has 0 aromatic carbocycles. The van der Waals surface area contributed by atoms with Crippen LogP contribution < -0.4 is 5.01 Å². The van der Waals surface area contributed by atoms with E-state index in [1.165, 1.54) is 12.8 Å². The minimum Gasteiger partial charge on any atom is -0.273 e. The molecule has 0 N–H and O–H groups in total. The summed E-state index contributed by atoms with van der Waals surface area (Å²) in [6.45, 7) is 5.00. The van der Waals surface area contributed by atoms with Crippen LogP contribution >= 0.6 is 0 Å². The summed E-state index contributed by atoms with van der Waals surface area (Å²) in [7, 11) is 0. The Morgan fingerprint density at radius 3 is 2.83 bits per heavy atom. The molecule has 0 atom stereocenters. The third-order valence-corrected chi connectivity index (χ3v) is 4.45. The largest absolute Gasteiger partial charge is 0.273 e. The second-order valence-electron chi connectivity index (χ2n) is 6.50. The molecule has 3 rings (SSSR count). The number of amides is 1. The van der Waals surface area contributed by atoms with Crippen LogP contribution in [-0.4, -0.2) is 27.1 Å². The van der Waals surface area contributed by atoms with Gasteiger partial charge in [-0.15, -0.1) is 0 Å². The molecule has 24 heavy (non-hydrogen) atoms. The van der Waals surface area contributed by atoms with Gasteiger partial charge in [-0.1, -0.05) is 20.3 Å². The Kier molecular flexibility index (Phi) is 5.28. The van der Waals surface area contributed by atoms with Gasteiger partial charge >= 0.3 is 0 Å². The molecule has 0 radical (unpaired) electrons. The lowest BCUT2D eigenvalue weighted by Gasteiger charge is -2.25. The molecule has 1 fully saturated rings. The maximum absolute atomic E-state index is 12.7. The highest BCUT2D eigenvalue weighted by Gasteiger charge is 2.29. The topological polar surface area (TPSA) is 51.0 Å². The van der Waals surface area contributed by atoms with Crippen LogP contribution in [0.5, 0.6) is 0 Å². The van der Waals surface area contributed by atoms with E-state index in [1.807, 2.05) is 34.2 Å². The van der Waals surface area contributed by atoms with Crippen LogP contribution in [0.1, 0.15) is 51.8 Å². The Labute approximate surface area is 143 Å². The molecular formula is C19H26N4O. The fourth-order valence-corrected chi connectivity index (χ4v) is 2.82. The maximum Gasteiger partial charge on any atom is 0.241 e. The summed E-state index contributed by atoms with van der Waals surface area (Å²) in [4.78, 5) is 21.7. The first-order chi connectivity index (χ1) is 11.7. The van der Waals surface area contributed by atoms with Crippen molar-refractivity contribution >= 4 is 5.91 Å². The molecule has 0 saturated heterocycles. The zero-order chi connectivity index (χ0) is 16.9. The molecule has 2 aromatic rings. The van der Waals surface area contributed by atoms with Crippen molar-refractivity contribution in [3.05, 3.63) is 36.5 Å². The first-order valence-electron chi connectivity index (χ1n) is 9.02. The molecule has 0 aliphatic heterocycles. The van der Waals surface area contributed by atoms with E-state index in [0.717, 1.165) is 42.9 Å². The number of aromatic nitrogens is 3. The first-order valence-corrected chi connectivity index (χ1v) is 9.02. The average molecular weight is 326 g/mol. The molecule has 0 spiro atoms. The third kappa shape index (κ3) is 3.83. The van der Waals surface area contributed by atoms with Gasteiger partial charge in [0.25, 0.3) is 0 Å². The van der Waals surface area contributed by atoms with Gasteiger partial charge in [0.15, 0.2) is 0 Å². The van der Waals surface area contributed by atoms with Gasteiger partial charge < -0.3 is 0 Å². The first kappa shape index (κ1) is 16.7. The minimum absolute atomic E-state index is 0.202. The Morgan fingerprint density at radius 2 is 2.21 bits per heavy atom. The molecule has 5 nitrogen and oxygen atoms in total. The fraction of sp³-hybridized carbons (Fsp3) is 0.526. The molecule has 0 bridgehead atoms. The summed E-state index contributed by atoms with van der Waals surface area (Å²) in [5, 5.41) is 1.92. The molecular weight excluding hydrogens is 300 g/mol. The van der Waals surface area contributed by atoms with Crippen molar-refractivity contribution in [1.82, 2.24) is 14.6 Å². The van der Waals surface area contributed by atoms with E-state index in [-0.39, 0.29) is 5.91 Å². The number of hydrogen-bond donors (Lipinski definition) is 0. The highest BCUT2D eigenvalue weighted by atomic mass is 16.2. The van der Waals surface area contributed by atoms with E-state index in [1.54, 1.807) is 6.20 Å². The van der Waals surface area contributed by atoms with Crippen molar-refractivity contribution in [3.8, 4) is 11.3 Å². The third-order valence-electron chi connectivity index (χ3n) is 4.45. The lowest BCUT2D eigenvalue weighted by Crippen LogP contribution is -2.42. The van der Waals surface area contributed by atoms with E-state index >= 15 is 0 Å². The molecule has 2 heterocycles. The normalized spacial score (nSPS) is 13.9. The predicted octanol–water partition coefficient (Wildman–Crippen LogP) is 3.57. The van der Waals surface area contributed by atoms with Crippen LogP contribution in [0.25, 0.3) is 11.3 Å². The van der Waals surface area contributed by atoms with Gasteiger partial charge in [-0.2, -0.15) is 0 Å². The fourth-order valence-electron chi connectivity index (χ4n) is 2.82. The van der Waals surface area contributed by atoms with Gasteiger partial charge in [-0.3, -0.25) is 9.78 Å². The van der Waals surface area contributed by atoms with Crippen LogP contribution in [0, 0.1) is 5.92 Å². The predicted molar refractivity (Wildman–Crippen MR) is 95.2 cm³/mol.